The molecule has 0 aromatic heterocycles. The van der Waals surface area contributed by atoms with E-state index >= 15 is 0 Å². The van der Waals surface area contributed by atoms with E-state index in [9.17, 15) is 14.9 Å². The first-order chi connectivity index (χ1) is 11.0. The number of carbonyl (C=O) groups is 1. The van der Waals surface area contributed by atoms with Crippen LogP contribution in [0.1, 0.15) is 12.5 Å². The third-order valence-electron chi connectivity index (χ3n) is 3.00. The molecule has 0 heterocycles. The van der Waals surface area contributed by atoms with Crippen molar-refractivity contribution in [3.63, 3.8) is 0 Å². The Kier molecular flexibility index (Phi) is 4.89. The largest absolute Gasteiger partial charge is 0.481 e. The van der Waals surface area contributed by atoms with Crippen molar-refractivity contribution in [2.45, 2.75) is 13.0 Å². The normalized spacial score (nSPS) is 11.1. The standard InChI is InChI=1S/C16H13N3O4/c1-11(23-13-6-4-5-12(9-13)10-17)16(20)18-14-7-2-3-8-15(14)19(21)22/h2-9,11H,1H3,(H,18,20)/t11-/m0/s1. The Bertz CT molecular complexity index is 783. The van der Waals surface area contributed by atoms with Crippen LogP contribution in [0.25, 0.3) is 0 Å². The second-order valence-electron chi connectivity index (χ2n) is 4.66. The van der Waals surface area contributed by atoms with Crippen molar-refractivity contribution < 1.29 is 14.5 Å². The van der Waals surface area contributed by atoms with E-state index in [4.69, 9.17) is 10.00 Å². The van der Waals surface area contributed by atoms with Crippen LogP contribution in [-0.2, 0) is 4.79 Å². The molecule has 23 heavy (non-hydrogen) atoms. The van der Waals surface area contributed by atoms with Crippen molar-refractivity contribution in [3.8, 4) is 11.8 Å². The zero-order valence-electron chi connectivity index (χ0n) is 12.2. The van der Waals surface area contributed by atoms with Crippen LogP contribution in [0.15, 0.2) is 48.5 Å². The lowest BCUT2D eigenvalue weighted by Crippen LogP contribution is -2.30. The number of hydrogen-bond acceptors (Lipinski definition) is 5. The summed E-state index contributed by atoms with van der Waals surface area (Å²) in [6.45, 7) is 1.52. The van der Waals surface area contributed by atoms with E-state index in [2.05, 4.69) is 5.32 Å². The van der Waals surface area contributed by atoms with Crippen LogP contribution >= 0.6 is 0 Å². The molecule has 7 heteroatoms. The minimum atomic E-state index is -0.885. The Hall–Kier alpha value is -3.40. The summed E-state index contributed by atoms with van der Waals surface area (Å²) in [5, 5.41) is 22.2. The lowest BCUT2D eigenvalue weighted by Gasteiger charge is -2.14. The molecule has 1 N–H and O–H groups in total. The van der Waals surface area contributed by atoms with Crippen LogP contribution in [-0.4, -0.2) is 16.9 Å². The Morgan fingerprint density at radius 2 is 2.04 bits per heavy atom. The molecular formula is C16H13N3O4. The highest BCUT2D eigenvalue weighted by Crippen LogP contribution is 2.23. The number of nitro groups is 1. The van der Waals surface area contributed by atoms with Gasteiger partial charge in [-0.1, -0.05) is 18.2 Å². The van der Waals surface area contributed by atoms with Gasteiger partial charge in [-0.2, -0.15) is 5.26 Å². The molecule has 0 bridgehead atoms. The van der Waals surface area contributed by atoms with Crippen LogP contribution in [0.2, 0.25) is 0 Å². The third kappa shape index (κ3) is 4.04. The van der Waals surface area contributed by atoms with Gasteiger partial charge in [-0.3, -0.25) is 14.9 Å². The highest BCUT2D eigenvalue weighted by atomic mass is 16.6. The van der Waals surface area contributed by atoms with Crippen molar-refractivity contribution >= 4 is 17.3 Å². The lowest BCUT2D eigenvalue weighted by atomic mass is 10.2. The van der Waals surface area contributed by atoms with Crippen LogP contribution in [0.5, 0.6) is 5.75 Å². The van der Waals surface area contributed by atoms with Gasteiger partial charge in [0.1, 0.15) is 11.4 Å². The van der Waals surface area contributed by atoms with E-state index in [1.54, 1.807) is 24.3 Å². The van der Waals surface area contributed by atoms with Gasteiger partial charge in [0.2, 0.25) is 0 Å². The van der Waals surface area contributed by atoms with Gasteiger partial charge in [0.15, 0.2) is 6.10 Å². The highest BCUT2D eigenvalue weighted by Gasteiger charge is 2.19. The lowest BCUT2D eigenvalue weighted by molar-refractivity contribution is -0.383. The number of benzene rings is 2. The summed E-state index contributed by atoms with van der Waals surface area (Å²) in [5.41, 5.74) is 0.317. The minimum Gasteiger partial charge on any atom is -0.481 e. The summed E-state index contributed by atoms with van der Waals surface area (Å²) in [6, 6.07) is 14.2. The smallest absolute Gasteiger partial charge is 0.292 e. The quantitative estimate of drug-likeness (QED) is 0.675. The van der Waals surface area contributed by atoms with E-state index < -0.39 is 16.9 Å². The van der Waals surface area contributed by atoms with Gasteiger partial charge in [0.05, 0.1) is 16.6 Å². The molecule has 1 amide bonds. The summed E-state index contributed by atoms with van der Waals surface area (Å²) in [5.74, 6) is -0.157. The molecule has 0 aliphatic rings. The Labute approximate surface area is 132 Å². The van der Waals surface area contributed by atoms with E-state index in [1.807, 2.05) is 6.07 Å². The monoisotopic (exact) mass is 311 g/mol. The fourth-order valence-electron chi connectivity index (χ4n) is 1.87. The van der Waals surface area contributed by atoms with Crippen molar-refractivity contribution in [1.82, 2.24) is 0 Å². The molecule has 0 aliphatic heterocycles. The van der Waals surface area contributed by atoms with E-state index in [1.165, 1.54) is 31.2 Å². The second kappa shape index (κ2) is 7.04. The van der Waals surface area contributed by atoms with Gasteiger partial charge in [-0.25, -0.2) is 0 Å². The minimum absolute atomic E-state index is 0.101. The van der Waals surface area contributed by atoms with E-state index in [-0.39, 0.29) is 11.4 Å². The first-order valence-corrected chi connectivity index (χ1v) is 6.72. The van der Waals surface area contributed by atoms with Gasteiger partial charge in [0, 0.05) is 6.07 Å². The van der Waals surface area contributed by atoms with Crippen LogP contribution in [0.3, 0.4) is 0 Å². The van der Waals surface area contributed by atoms with Crippen molar-refractivity contribution in [2.75, 3.05) is 5.32 Å². The summed E-state index contributed by atoms with van der Waals surface area (Å²) in [4.78, 5) is 22.5. The first-order valence-electron chi connectivity index (χ1n) is 6.72. The SMILES string of the molecule is C[C@H](Oc1cccc(C#N)c1)C(=O)Nc1ccccc1[N+](=O)[O-]. The number of nitrogens with zero attached hydrogens (tertiary/aromatic N) is 2. The average molecular weight is 311 g/mol. The number of rotatable bonds is 5. The predicted molar refractivity (Wildman–Crippen MR) is 83.0 cm³/mol. The molecule has 0 saturated carbocycles. The number of hydrogen-bond donors (Lipinski definition) is 1. The molecule has 2 aromatic carbocycles. The maximum atomic E-state index is 12.1. The number of nitrogens with one attached hydrogen (secondary N) is 1. The maximum Gasteiger partial charge on any atom is 0.292 e. The number of amides is 1. The molecule has 0 saturated heterocycles. The Morgan fingerprint density at radius 3 is 2.74 bits per heavy atom. The zero-order chi connectivity index (χ0) is 16.8. The second-order valence-corrected chi connectivity index (χ2v) is 4.66. The summed E-state index contributed by atoms with van der Waals surface area (Å²) in [6.07, 6.45) is -0.885. The molecule has 0 fully saturated rings. The Balaban J connectivity index is 2.09. The molecule has 0 radical (unpaired) electrons. The van der Waals surface area contributed by atoms with Crippen LogP contribution < -0.4 is 10.1 Å². The maximum absolute atomic E-state index is 12.1. The number of nitriles is 1. The molecule has 1 atom stereocenters. The van der Waals surface area contributed by atoms with Crippen molar-refractivity contribution in [3.05, 3.63) is 64.2 Å². The average Bonchev–Trinajstić information content (AvgIpc) is 2.55. The fourth-order valence-corrected chi connectivity index (χ4v) is 1.87. The van der Waals surface area contributed by atoms with Crippen molar-refractivity contribution in [2.24, 2.45) is 0 Å². The molecular weight excluding hydrogens is 298 g/mol. The topological polar surface area (TPSA) is 105 Å². The predicted octanol–water partition coefficient (Wildman–Crippen LogP) is 2.87. The fraction of sp³-hybridized carbons (Fsp3) is 0.125. The molecule has 0 unspecified atom stereocenters. The van der Waals surface area contributed by atoms with Gasteiger partial charge in [0.25, 0.3) is 11.6 Å². The Morgan fingerprint density at radius 1 is 1.30 bits per heavy atom. The number of ether oxygens (including phenoxy) is 1. The highest BCUT2D eigenvalue weighted by molar-refractivity contribution is 5.96. The van der Waals surface area contributed by atoms with Gasteiger partial charge in [-0.15, -0.1) is 0 Å². The number of anilines is 1. The molecule has 2 aromatic rings. The van der Waals surface area contributed by atoms with Crippen LogP contribution in [0, 0.1) is 21.4 Å². The summed E-state index contributed by atoms with van der Waals surface area (Å²) < 4.78 is 5.46. The molecule has 0 aliphatic carbocycles. The molecule has 2 rings (SSSR count). The van der Waals surface area contributed by atoms with Crippen LogP contribution in [0.4, 0.5) is 11.4 Å². The third-order valence-corrected chi connectivity index (χ3v) is 3.00. The number of para-hydroxylation sites is 2. The first kappa shape index (κ1) is 16.0. The number of carbonyl (C=O) groups excluding carboxylic acids is 1. The van der Waals surface area contributed by atoms with Gasteiger partial charge >= 0.3 is 0 Å². The van der Waals surface area contributed by atoms with E-state index in [0.717, 1.165) is 0 Å². The molecule has 7 nitrogen and oxygen atoms in total. The molecule has 0 spiro atoms. The number of nitro benzene ring substituents is 1. The van der Waals surface area contributed by atoms with Crippen molar-refractivity contribution in [1.29, 1.82) is 5.26 Å². The van der Waals surface area contributed by atoms with Gasteiger partial charge in [-0.05, 0) is 31.2 Å². The molecule has 116 valence electrons. The summed E-state index contributed by atoms with van der Waals surface area (Å²) >= 11 is 0. The van der Waals surface area contributed by atoms with E-state index in [0.29, 0.717) is 11.3 Å². The zero-order valence-corrected chi connectivity index (χ0v) is 12.2. The summed E-state index contributed by atoms with van der Waals surface area (Å²) in [7, 11) is 0. The van der Waals surface area contributed by atoms with Gasteiger partial charge < -0.3 is 10.1 Å².